The van der Waals surface area contributed by atoms with E-state index in [1.165, 1.54) is 18.2 Å². The second kappa shape index (κ2) is 3.92. The third kappa shape index (κ3) is 2.18. The Hall–Kier alpha value is -1.91. The molecule has 0 bridgehead atoms. The molecule has 1 fully saturated rings. The summed E-state index contributed by atoms with van der Waals surface area (Å²) in [7, 11) is 0. The molecule has 1 aromatic carbocycles. The first-order valence-corrected chi connectivity index (χ1v) is 4.87. The first-order valence-electron chi connectivity index (χ1n) is 4.87. The zero-order valence-corrected chi connectivity index (χ0v) is 8.31. The predicted octanol–water partition coefficient (Wildman–Crippen LogP) is 1.48. The number of halogens is 1. The van der Waals surface area contributed by atoms with Gasteiger partial charge >= 0.3 is 5.97 Å². The SMILES string of the molecule is O=C(O)[C@H]1C[C@H]1C(=O)Nc1cccc(F)c1. The Morgan fingerprint density at radius 1 is 1.38 bits per heavy atom. The Morgan fingerprint density at radius 2 is 2.12 bits per heavy atom. The topological polar surface area (TPSA) is 66.4 Å². The third-order valence-corrected chi connectivity index (χ3v) is 2.54. The zero-order valence-electron chi connectivity index (χ0n) is 8.31. The normalized spacial score (nSPS) is 22.6. The van der Waals surface area contributed by atoms with Crippen LogP contribution in [0.1, 0.15) is 6.42 Å². The monoisotopic (exact) mass is 223 g/mol. The van der Waals surface area contributed by atoms with Gasteiger partial charge in [0.05, 0.1) is 11.8 Å². The van der Waals surface area contributed by atoms with Gasteiger partial charge in [0.15, 0.2) is 0 Å². The highest BCUT2D eigenvalue weighted by Crippen LogP contribution is 2.39. The largest absolute Gasteiger partial charge is 0.481 e. The van der Waals surface area contributed by atoms with Gasteiger partial charge in [0.1, 0.15) is 5.82 Å². The van der Waals surface area contributed by atoms with Crippen LogP contribution in [0.2, 0.25) is 0 Å². The van der Waals surface area contributed by atoms with Crippen molar-refractivity contribution in [2.75, 3.05) is 5.32 Å². The molecule has 2 N–H and O–H groups in total. The van der Waals surface area contributed by atoms with Crippen LogP contribution in [0.4, 0.5) is 10.1 Å². The Kier molecular flexibility index (Phi) is 2.60. The highest BCUT2D eigenvalue weighted by Gasteiger charge is 2.48. The summed E-state index contributed by atoms with van der Waals surface area (Å²) in [5.41, 5.74) is 0.348. The second-order valence-electron chi connectivity index (χ2n) is 3.79. The summed E-state index contributed by atoms with van der Waals surface area (Å²) in [4.78, 5) is 22.0. The third-order valence-electron chi connectivity index (χ3n) is 2.54. The number of hydrogen-bond acceptors (Lipinski definition) is 2. The lowest BCUT2D eigenvalue weighted by Crippen LogP contribution is -2.16. The van der Waals surface area contributed by atoms with E-state index in [9.17, 15) is 14.0 Å². The number of carbonyl (C=O) groups is 2. The van der Waals surface area contributed by atoms with Crippen molar-refractivity contribution in [2.24, 2.45) is 11.8 Å². The number of carboxylic acids is 1. The summed E-state index contributed by atoms with van der Waals surface area (Å²) in [5, 5.41) is 11.1. The molecule has 0 unspecified atom stereocenters. The molecule has 0 saturated heterocycles. The molecule has 1 saturated carbocycles. The van der Waals surface area contributed by atoms with E-state index in [4.69, 9.17) is 5.11 Å². The van der Waals surface area contributed by atoms with E-state index in [-0.39, 0.29) is 5.91 Å². The van der Waals surface area contributed by atoms with Gasteiger partial charge in [0.2, 0.25) is 5.91 Å². The van der Waals surface area contributed by atoms with E-state index >= 15 is 0 Å². The minimum atomic E-state index is -0.959. The van der Waals surface area contributed by atoms with E-state index in [0.29, 0.717) is 12.1 Å². The molecular weight excluding hydrogens is 213 g/mol. The number of hydrogen-bond donors (Lipinski definition) is 2. The van der Waals surface area contributed by atoms with Crippen LogP contribution in [-0.2, 0) is 9.59 Å². The van der Waals surface area contributed by atoms with Gasteiger partial charge in [-0.2, -0.15) is 0 Å². The number of benzene rings is 1. The molecule has 1 aliphatic carbocycles. The van der Waals surface area contributed by atoms with Crippen molar-refractivity contribution in [3.8, 4) is 0 Å². The lowest BCUT2D eigenvalue weighted by molar-refractivity contribution is -0.139. The zero-order chi connectivity index (χ0) is 11.7. The molecule has 0 heterocycles. The van der Waals surface area contributed by atoms with Crippen LogP contribution in [0.15, 0.2) is 24.3 Å². The molecule has 1 amide bonds. The molecule has 5 heteroatoms. The summed E-state index contributed by atoms with van der Waals surface area (Å²) < 4.78 is 12.8. The number of rotatable bonds is 3. The molecule has 0 aliphatic heterocycles. The molecule has 4 nitrogen and oxygen atoms in total. The van der Waals surface area contributed by atoms with Gasteiger partial charge in [-0.3, -0.25) is 9.59 Å². The predicted molar refractivity (Wildman–Crippen MR) is 54.3 cm³/mol. The first-order chi connectivity index (χ1) is 7.58. The van der Waals surface area contributed by atoms with Crippen molar-refractivity contribution in [2.45, 2.75) is 6.42 Å². The molecule has 16 heavy (non-hydrogen) atoms. The van der Waals surface area contributed by atoms with Crippen molar-refractivity contribution in [3.63, 3.8) is 0 Å². The smallest absolute Gasteiger partial charge is 0.307 e. The Morgan fingerprint density at radius 3 is 2.69 bits per heavy atom. The maximum Gasteiger partial charge on any atom is 0.307 e. The van der Waals surface area contributed by atoms with Crippen LogP contribution in [0, 0.1) is 17.7 Å². The van der Waals surface area contributed by atoms with Crippen molar-refractivity contribution in [1.29, 1.82) is 0 Å². The van der Waals surface area contributed by atoms with Crippen molar-refractivity contribution < 1.29 is 19.1 Å². The molecule has 0 radical (unpaired) electrons. The van der Waals surface area contributed by atoms with Crippen LogP contribution in [0.5, 0.6) is 0 Å². The second-order valence-corrected chi connectivity index (χ2v) is 3.79. The van der Waals surface area contributed by atoms with E-state index < -0.39 is 23.6 Å². The highest BCUT2D eigenvalue weighted by atomic mass is 19.1. The Balaban J connectivity index is 1.96. The number of carbonyl (C=O) groups excluding carboxylic acids is 1. The van der Waals surface area contributed by atoms with Gasteiger partial charge in [0, 0.05) is 5.69 Å². The highest BCUT2D eigenvalue weighted by molar-refractivity contribution is 5.98. The maximum absolute atomic E-state index is 12.8. The molecule has 0 spiro atoms. The van der Waals surface area contributed by atoms with Gasteiger partial charge in [-0.1, -0.05) is 6.07 Å². The number of amides is 1. The summed E-state index contributed by atoms with van der Waals surface area (Å²) in [6.07, 6.45) is 0.358. The minimum Gasteiger partial charge on any atom is -0.481 e. The van der Waals surface area contributed by atoms with Gasteiger partial charge < -0.3 is 10.4 Å². The minimum absolute atomic E-state index is 0.348. The standard InChI is InChI=1S/C11H10FNO3/c12-6-2-1-3-7(4-6)13-10(14)8-5-9(8)11(15)16/h1-4,8-9H,5H2,(H,13,14)(H,15,16)/t8-,9+/m1/s1. The van der Waals surface area contributed by atoms with Gasteiger partial charge in [-0.25, -0.2) is 4.39 Å². The van der Waals surface area contributed by atoms with E-state index in [0.717, 1.165) is 0 Å². The van der Waals surface area contributed by atoms with Crippen LogP contribution in [-0.4, -0.2) is 17.0 Å². The molecule has 2 rings (SSSR count). The molecular formula is C11H10FNO3. The molecule has 0 aromatic heterocycles. The summed E-state index contributed by atoms with van der Waals surface area (Å²) in [6.45, 7) is 0. The van der Waals surface area contributed by atoms with Crippen molar-refractivity contribution in [3.05, 3.63) is 30.1 Å². The number of nitrogens with one attached hydrogen (secondary N) is 1. The summed E-state index contributed by atoms with van der Waals surface area (Å²) in [5.74, 6) is -2.84. The molecule has 84 valence electrons. The lowest BCUT2D eigenvalue weighted by Gasteiger charge is -2.03. The number of anilines is 1. The summed E-state index contributed by atoms with van der Waals surface area (Å²) in [6, 6.07) is 5.49. The van der Waals surface area contributed by atoms with Crippen LogP contribution >= 0.6 is 0 Å². The average molecular weight is 223 g/mol. The van der Waals surface area contributed by atoms with E-state index in [2.05, 4.69) is 5.32 Å². The van der Waals surface area contributed by atoms with Gasteiger partial charge in [-0.15, -0.1) is 0 Å². The number of aliphatic carboxylic acids is 1. The molecule has 1 aromatic rings. The Labute approximate surface area is 91.1 Å². The fourth-order valence-corrected chi connectivity index (χ4v) is 1.56. The fourth-order valence-electron chi connectivity index (χ4n) is 1.56. The summed E-state index contributed by atoms with van der Waals surface area (Å²) >= 11 is 0. The van der Waals surface area contributed by atoms with E-state index in [1.54, 1.807) is 6.07 Å². The fraction of sp³-hybridized carbons (Fsp3) is 0.273. The van der Waals surface area contributed by atoms with Crippen LogP contribution < -0.4 is 5.32 Å². The van der Waals surface area contributed by atoms with Crippen LogP contribution in [0.25, 0.3) is 0 Å². The van der Waals surface area contributed by atoms with E-state index in [1.807, 2.05) is 0 Å². The molecule has 1 aliphatic rings. The van der Waals surface area contributed by atoms with Crippen molar-refractivity contribution in [1.82, 2.24) is 0 Å². The van der Waals surface area contributed by atoms with Crippen molar-refractivity contribution >= 4 is 17.6 Å². The number of carboxylic acid groups (broad SMARTS) is 1. The van der Waals surface area contributed by atoms with Crippen LogP contribution in [0.3, 0.4) is 0 Å². The van der Waals surface area contributed by atoms with Gasteiger partial charge in [-0.05, 0) is 24.6 Å². The van der Waals surface area contributed by atoms with Gasteiger partial charge in [0.25, 0.3) is 0 Å². The lowest BCUT2D eigenvalue weighted by atomic mass is 10.2. The first kappa shape index (κ1) is 10.6. The molecule has 2 atom stereocenters. The maximum atomic E-state index is 12.8. The Bertz CT molecular complexity index is 447. The average Bonchev–Trinajstić information content (AvgIpc) is 2.96. The quantitative estimate of drug-likeness (QED) is 0.815.